The highest BCUT2D eigenvalue weighted by molar-refractivity contribution is 5.90. The summed E-state index contributed by atoms with van der Waals surface area (Å²) in [6, 6.07) is 11.0. The van der Waals surface area contributed by atoms with Crippen LogP contribution in [-0.4, -0.2) is 61.5 Å². The molecule has 1 saturated heterocycles. The molecule has 0 spiro atoms. The Kier molecular flexibility index (Phi) is 7.01. The van der Waals surface area contributed by atoms with Gasteiger partial charge in [-0.25, -0.2) is 9.78 Å². The van der Waals surface area contributed by atoms with E-state index < -0.39 is 6.09 Å². The van der Waals surface area contributed by atoms with E-state index in [9.17, 15) is 9.59 Å². The fourth-order valence-corrected chi connectivity index (χ4v) is 4.35. The number of carbonyl (C=O) groups is 2. The van der Waals surface area contributed by atoms with Gasteiger partial charge in [0.2, 0.25) is 11.8 Å². The zero-order chi connectivity index (χ0) is 24.9. The second-order valence-corrected chi connectivity index (χ2v) is 8.63. The van der Waals surface area contributed by atoms with E-state index in [0.29, 0.717) is 55.8 Å². The molecule has 2 aliphatic heterocycles. The number of carbonyl (C=O) groups excluding carboxylic acids is 2. The van der Waals surface area contributed by atoms with Crippen molar-refractivity contribution < 1.29 is 28.5 Å². The van der Waals surface area contributed by atoms with E-state index in [-0.39, 0.29) is 18.4 Å². The molecule has 4 heterocycles. The van der Waals surface area contributed by atoms with Crippen LogP contribution in [0.15, 0.2) is 42.6 Å². The Morgan fingerprint density at radius 2 is 2.03 bits per heavy atom. The van der Waals surface area contributed by atoms with E-state index in [1.54, 1.807) is 36.4 Å². The lowest BCUT2D eigenvalue weighted by atomic mass is 10.1. The van der Waals surface area contributed by atoms with Crippen LogP contribution >= 0.6 is 0 Å². The summed E-state index contributed by atoms with van der Waals surface area (Å²) in [6.07, 6.45) is 3.25. The van der Waals surface area contributed by atoms with Crippen molar-refractivity contribution in [2.75, 3.05) is 38.3 Å². The maximum Gasteiger partial charge on any atom is 0.414 e. The van der Waals surface area contributed by atoms with Crippen LogP contribution < -0.4 is 24.4 Å². The Bertz CT molecular complexity index is 1270. The highest BCUT2D eigenvalue weighted by Crippen LogP contribution is 2.35. The van der Waals surface area contributed by atoms with Gasteiger partial charge in [-0.3, -0.25) is 14.7 Å². The Morgan fingerprint density at radius 3 is 2.89 bits per heavy atom. The molecule has 10 heteroatoms. The number of nitrogens with zero attached hydrogens (tertiary/aromatic N) is 3. The number of amides is 2. The Morgan fingerprint density at radius 1 is 1.17 bits per heavy atom. The third-order valence-corrected chi connectivity index (χ3v) is 6.20. The van der Waals surface area contributed by atoms with Gasteiger partial charge in [-0.1, -0.05) is 0 Å². The molecule has 2 aromatic heterocycles. The minimum Gasteiger partial charge on any atom is -0.486 e. The summed E-state index contributed by atoms with van der Waals surface area (Å²) >= 11 is 0. The molecule has 2 aliphatic rings. The molecule has 0 unspecified atom stereocenters. The normalized spacial score (nSPS) is 16.6. The van der Waals surface area contributed by atoms with Crippen LogP contribution in [0.3, 0.4) is 0 Å². The molecule has 0 aliphatic carbocycles. The smallest absolute Gasteiger partial charge is 0.414 e. The van der Waals surface area contributed by atoms with Crippen molar-refractivity contribution >= 4 is 28.7 Å². The van der Waals surface area contributed by atoms with E-state index in [2.05, 4.69) is 15.3 Å². The summed E-state index contributed by atoms with van der Waals surface area (Å²) in [5.41, 5.74) is 3.37. The number of pyridine rings is 2. The van der Waals surface area contributed by atoms with Gasteiger partial charge in [0.05, 0.1) is 30.4 Å². The van der Waals surface area contributed by atoms with Gasteiger partial charge in [-0.15, -0.1) is 0 Å². The largest absolute Gasteiger partial charge is 0.486 e. The van der Waals surface area contributed by atoms with Crippen LogP contribution in [0, 0.1) is 0 Å². The summed E-state index contributed by atoms with van der Waals surface area (Å²) in [5.74, 6) is 1.76. The number of fused-ring (bicyclic) bond motifs is 2. The van der Waals surface area contributed by atoms with Crippen LogP contribution in [0.5, 0.6) is 17.4 Å². The number of rotatable bonds is 9. The fourth-order valence-electron chi connectivity index (χ4n) is 4.35. The molecule has 188 valence electrons. The fraction of sp³-hybridized carbons (Fsp3) is 0.385. The van der Waals surface area contributed by atoms with Crippen molar-refractivity contribution in [1.82, 2.24) is 15.3 Å². The van der Waals surface area contributed by atoms with Gasteiger partial charge in [0.25, 0.3) is 0 Å². The monoisotopic (exact) mass is 492 g/mol. The standard InChI is InChI=1S/C26H28N4O6/c1-33-24-9-6-20-25(29-24)17(10-12-27-20)3-2-11-28-23(31)8-5-19-16-30(26(32)36-19)18-4-7-21-22(15-18)35-14-13-34-21/h4,6-7,9-10,12,15,19H,2-3,5,8,11,13-14,16H2,1H3,(H,28,31)/t19-/m1/s1. The number of anilines is 1. The Labute approximate surface area is 208 Å². The van der Waals surface area contributed by atoms with Crippen LogP contribution in [0.25, 0.3) is 11.0 Å². The van der Waals surface area contributed by atoms with Gasteiger partial charge in [-0.2, -0.15) is 0 Å². The van der Waals surface area contributed by atoms with E-state index >= 15 is 0 Å². The van der Waals surface area contributed by atoms with Gasteiger partial charge in [0, 0.05) is 31.3 Å². The van der Waals surface area contributed by atoms with Crippen LogP contribution in [-0.2, 0) is 16.0 Å². The molecule has 1 atom stereocenters. The van der Waals surface area contributed by atoms with E-state index in [4.69, 9.17) is 18.9 Å². The first-order valence-corrected chi connectivity index (χ1v) is 12.0. The molecule has 1 fully saturated rings. The number of ether oxygens (including phenoxy) is 4. The molecular formula is C26H28N4O6. The average Bonchev–Trinajstić information content (AvgIpc) is 3.29. The Hall–Kier alpha value is -4.08. The molecule has 10 nitrogen and oxygen atoms in total. The summed E-state index contributed by atoms with van der Waals surface area (Å²) in [6.45, 7) is 1.91. The first-order valence-electron chi connectivity index (χ1n) is 12.0. The maximum atomic E-state index is 12.4. The number of cyclic esters (lactones) is 1. The lowest BCUT2D eigenvalue weighted by molar-refractivity contribution is -0.121. The average molecular weight is 493 g/mol. The minimum absolute atomic E-state index is 0.0665. The molecule has 1 aromatic carbocycles. The summed E-state index contributed by atoms with van der Waals surface area (Å²) in [4.78, 5) is 35.2. The van der Waals surface area contributed by atoms with Crippen molar-refractivity contribution in [3.63, 3.8) is 0 Å². The van der Waals surface area contributed by atoms with E-state index in [1.807, 2.05) is 18.2 Å². The lowest BCUT2D eigenvalue weighted by Crippen LogP contribution is -2.27. The first kappa shape index (κ1) is 23.7. The Balaban J connectivity index is 1.06. The molecule has 2 amide bonds. The molecule has 3 aromatic rings. The zero-order valence-corrected chi connectivity index (χ0v) is 20.1. The lowest BCUT2D eigenvalue weighted by Gasteiger charge is -2.21. The van der Waals surface area contributed by atoms with Crippen LogP contribution in [0.1, 0.15) is 24.8 Å². The molecule has 0 radical (unpaired) electrons. The molecule has 0 saturated carbocycles. The van der Waals surface area contributed by atoms with E-state index in [0.717, 1.165) is 29.4 Å². The van der Waals surface area contributed by atoms with Gasteiger partial charge >= 0.3 is 6.09 Å². The SMILES string of the molecule is COc1ccc2nccc(CCCNC(=O)CC[C@@H]3CN(c4ccc5c(c4)OCCO5)C(=O)O3)c2n1. The topological polar surface area (TPSA) is 112 Å². The number of hydrogen-bond acceptors (Lipinski definition) is 8. The predicted molar refractivity (Wildman–Crippen MR) is 132 cm³/mol. The quantitative estimate of drug-likeness (QED) is 0.453. The summed E-state index contributed by atoms with van der Waals surface area (Å²) in [5, 5.41) is 2.95. The number of methoxy groups -OCH3 is 1. The van der Waals surface area contributed by atoms with Gasteiger partial charge in [0.15, 0.2) is 11.5 Å². The number of nitrogens with one attached hydrogen (secondary N) is 1. The minimum atomic E-state index is -0.424. The third kappa shape index (κ3) is 5.27. The van der Waals surface area contributed by atoms with Crippen molar-refractivity contribution in [2.24, 2.45) is 0 Å². The van der Waals surface area contributed by atoms with E-state index in [1.165, 1.54) is 0 Å². The van der Waals surface area contributed by atoms with Crippen molar-refractivity contribution in [3.8, 4) is 17.4 Å². The second kappa shape index (κ2) is 10.7. The van der Waals surface area contributed by atoms with Crippen LogP contribution in [0.4, 0.5) is 10.5 Å². The molecule has 0 bridgehead atoms. The predicted octanol–water partition coefficient (Wildman–Crippen LogP) is 3.26. The molecule has 1 N–H and O–H groups in total. The zero-order valence-electron chi connectivity index (χ0n) is 20.1. The summed E-state index contributed by atoms with van der Waals surface area (Å²) < 4.78 is 21.8. The molecule has 5 rings (SSSR count). The molecule has 36 heavy (non-hydrogen) atoms. The second-order valence-electron chi connectivity index (χ2n) is 8.63. The van der Waals surface area contributed by atoms with Gasteiger partial charge in [-0.05, 0) is 49.1 Å². The van der Waals surface area contributed by atoms with Gasteiger partial charge < -0.3 is 24.3 Å². The van der Waals surface area contributed by atoms with Crippen molar-refractivity contribution in [1.29, 1.82) is 0 Å². The maximum absolute atomic E-state index is 12.4. The van der Waals surface area contributed by atoms with Gasteiger partial charge in [0.1, 0.15) is 19.3 Å². The third-order valence-electron chi connectivity index (χ3n) is 6.20. The van der Waals surface area contributed by atoms with Crippen molar-refractivity contribution in [3.05, 3.63) is 48.2 Å². The summed E-state index contributed by atoms with van der Waals surface area (Å²) in [7, 11) is 1.59. The van der Waals surface area contributed by atoms with Crippen LogP contribution in [0.2, 0.25) is 0 Å². The van der Waals surface area contributed by atoms with Crippen molar-refractivity contribution in [2.45, 2.75) is 31.8 Å². The first-order chi connectivity index (χ1) is 17.6. The number of aromatic nitrogens is 2. The number of hydrogen-bond donors (Lipinski definition) is 1. The highest BCUT2D eigenvalue weighted by Gasteiger charge is 2.33. The molecular weight excluding hydrogens is 464 g/mol. The highest BCUT2D eigenvalue weighted by atomic mass is 16.6. The number of aryl methyl sites for hydroxylation is 1. The number of benzene rings is 1.